The molecule has 1 atom stereocenters. The number of anilines is 1. The van der Waals surface area contributed by atoms with Gasteiger partial charge < -0.3 is 19.8 Å². The molecule has 0 bridgehead atoms. The van der Waals surface area contributed by atoms with E-state index >= 15 is 0 Å². The van der Waals surface area contributed by atoms with Crippen LogP contribution in [0.25, 0.3) is 11.0 Å². The van der Waals surface area contributed by atoms with Crippen molar-refractivity contribution in [3.8, 4) is 0 Å². The molecule has 6 heteroatoms. The van der Waals surface area contributed by atoms with Gasteiger partial charge in [0.2, 0.25) is 0 Å². The van der Waals surface area contributed by atoms with E-state index in [2.05, 4.69) is 4.98 Å². The maximum absolute atomic E-state index is 12.0. The summed E-state index contributed by atoms with van der Waals surface area (Å²) in [6, 6.07) is 5.51. The zero-order valence-electron chi connectivity index (χ0n) is 12.6. The van der Waals surface area contributed by atoms with Crippen molar-refractivity contribution in [2.24, 2.45) is 0 Å². The highest BCUT2D eigenvalue weighted by Gasteiger charge is 2.16. The lowest BCUT2D eigenvalue weighted by atomic mass is 10.3. The normalized spacial score (nSPS) is 12.5. The number of methoxy groups -OCH3 is 1. The molecule has 1 unspecified atom stereocenters. The topological polar surface area (TPSA) is 79.4 Å². The lowest BCUT2D eigenvalue weighted by Gasteiger charge is -2.13. The SMILES string of the molecule is CCC(C)OC(=O)Cn1c(COC)nc2c(N)cccc21. The number of nitrogens with zero attached hydrogens (tertiary/aromatic N) is 2. The zero-order valence-corrected chi connectivity index (χ0v) is 12.6. The quantitative estimate of drug-likeness (QED) is 0.651. The number of ether oxygens (including phenoxy) is 2. The lowest BCUT2D eigenvalue weighted by molar-refractivity contribution is -0.149. The second-order valence-corrected chi connectivity index (χ2v) is 4.97. The molecule has 0 saturated heterocycles. The number of nitrogen functional groups attached to an aromatic ring is 1. The Balaban J connectivity index is 2.34. The predicted octanol–water partition coefficient (Wildman–Crippen LogP) is 2.11. The number of imidazole rings is 1. The zero-order chi connectivity index (χ0) is 15.4. The largest absolute Gasteiger partial charge is 0.461 e. The third-order valence-corrected chi connectivity index (χ3v) is 3.36. The van der Waals surface area contributed by atoms with E-state index in [-0.39, 0.29) is 18.6 Å². The molecule has 1 aromatic carbocycles. The Labute approximate surface area is 123 Å². The Morgan fingerprint density at radius 1 is 1.48 bits per heavy atom. The summed E-state index contributed by atoms with van der Waals surface area (Å²) >= 11 is 0. The van der Waals surface area contributed by atoms with Crippen LogP contribution in [0.5, 0.6) is 0 Å². The van der Waals surface area contributed by atoms with E-state index in [0.717, 1.165) is 11.9 Å². The molecule has 2 aromatic rings. The van der Waals surface area contributed by atoms with Crippen LogP contribution in [0.1, 0.15) is 26.1 Å². The fourth-order valence-electron chi connectivity index (χ4n) is 2.11. The first-order valence-corrected chi connectivity index (χ1v) is 6.98. The molecule has 6 nitrogen and oxygen atoms in total. The Bertz CT molecular complexity index is 636. The Hall–Kier alpha value is -2.08. The second kappa shape index (κ2) is 6.58. The molecule has 1 aromatic heterocycles. The van der Waals surface area contributed by atoms with Crippen molar-refractivity contribution in [3.63, 3.8) is 0 Å². The van der Waals surface area contributed by atoms with E-state index in [4.69, 9.17) is 15.2 Å². The molecule has 1 heterocycles. The number of hydrogen-bond donors (Lipinski definition) is 1. The van der Waals surface area contributed by atoms with Crippen molar-refractivity contribution < 1.29 is 14.3 Å². The fourth-order valence-corrected chi connectivity index (χ4v) is 2.11. The molecule has 0 spiro atoms. The molecule has 0 aliphatic carbocycles. The maximum Gasteiger partial charge on any atom is 0.326 e. The number of carbonyl (C=O) groups excluding carboxylic acids is 1. The van der Waals surface area contributed by atoms with Crippen LogP contribution in [0, 0.1) is 0 Å². The van der Waals surface area contributed by atoms with Gasteiger partial charge in [-0.05, 0) is 25.5 Å². The van der Waals surface area contributed by atoms with E-state index in [1.54, 1.807) is 17.7 Å². The summed E-state index contributed by atoms with van der Waals surface area (Å²) in [5.74, 6) is 0.370. The molecule has 0 aliphatic rings. The van der Waals surface area contributed by atoms with Gasteiger partial charge in [-0.15, -0.1) is 0 Å². The van der Waals surface area contributed by atoms with E-state index in [1.807, 2.05) is 26.0 Å². The molecule has 0 aliphatic heterocycles. The molecule has 0 radical (unpaired) electrons. The van der Waals surface area contributed by atoms with Crippen LogP contribution in [0.15, 0.2) is 18.2 Å². The van der Waals surface area contributed by atoms with Gasteiger partial charge in [0.25, 0.3) is 0 Å². The minimum atomic E-state index is -0.288. The van der Waals surface area contributed by atoms with Gasteiger partial charge >= 0.3 is 5.97 Å². The average molecular weight is 291 g/mol. The molecular weight excluding hydrogens is 270 g/mol. The maximum atomic E-state index is 12.0. The second-order valence-electron chi connectivity index (χ2n) is 4.97. The minimum Gasteiger partial charge on any atom is -0.461 e. The van der Waals surface area contributed by atoms with Crippen LogP contribution in [0.3, 0.4) is 0 Å². The number of nitrogens with two attached hydrogens (primary N) is 1. The first kappa shape index (κ1) is 15.3. The van der Waals surface area contributed by atoms with E-state index < -0.39 is 0 Å². The Morgan fingerprint density at radius 3 is 2.90 bits per heavy atom. The van der Waals surface area contributed by atoms with Crippen LogP contribution >= 0.6 is 0 Å². The Morgan fingerprint density at radius 2 is 2.24 bits per heavy atom. The average Bonchev–Trinajstić information content (AvgIpc) is 2.79. The smallest absolute Gasteiger partial charge is 0.326 e. The summed E-state index contributed by atoms with van der Waals surface area (Å²) in [6.45, 7) is 4.26. The summed E-state index contributed by atoms with van der Waals surface area (Å²) < 4.78 is 12.3. The highest BCUT2D eigenvalue weighted by atomic mass is 16.5. The number of aromatic nitrogens is 2. The molecule has 2 rings (SSSR count). The number of benzene rings is 1. The summed E-state index contributed by atoms with van der Waals surface area (Å²) in [7, 11) is 1.59. The first-order valence-electron chi connectivity index (χ1n) is 6.98. The van der Waals surface area contributed by atoms with Crippen molar-refractivity contribution >= 4 is 22.7 Å². The molecule has 0 saturated carbocycles. The standard InChI is InChI=1S/C15H21N3O3/c1-4-10(2)21-14(19)8-18-12-7-5-6-11(16)15(12)17-13(18)9-20-3/h5-7,10H,4,8-9,16H2,1-3H3. The number of esters is 1. The number of fused-ring (bicyclic) bond motifs is 1. The van der Waals surface area contributed by atoms with Crippen molar-refractivity contribution in [3.05, 3.63) is 24.0 Å². The van der Waals surface area contributed by atoms with Gasteiger partial charge in [0.05, 0.1) is 17.3 Å². The minimum absolute atomic E-state index is 0.0942. The van der Waals surface area contributed by atoms with Gasteiger partial charge in [0.15, 0.2) is 0 Å². The third kappa shape index (κ3) is 3.33. The fraction of sp³-hybridized carbons (Fsp3) is 0.467. The Kier molecular flexibility index (Phi) is 4.80. The molecular formula is C15H21N3O3. The van der Waals surface area contributed by atoms with Gasteiger partial charge in [0, 0.05) is 7.11 Å². The summed E-state index contributed by atoms with van der Waals surface area (Å²) in [4.78, 5) is 16.5. The van der Waals surface area contributed by atoms with Gasteiger partial charge in [-0.2, -0.15) is 0 Å². The van der Waals surface area contributed by atoms with Crippen molar-refractivity contribution in [2.75, 3.05) is 12.8 Å². The first-order chi connectivity index (χ1) is 10.1. The van der Waals surface area contributed by atoms with E-state index in [9.17, 15) is 4.79 Å². The highest BCUT2D eigenvalue weighted by Crippen LogP contribution is 2.22. The molecule has 114 valence electrons. The van der Waals surface area contributed by atoms with Crippen LogP contribution in [0.4, 0.5) is 5.69 Å². The molecule has 21 heavy (non-hydrogen) atoms. The molecule has 2 N–H and O–H groups in total. The highest BCUT2D eigenvalue weighted by molar-refractivity contribution is 5.88. The third-order valence-electron chi connectivity index (χ3n) is 3.36. The summed E-state index contributed by atoms with van der Waals surface area (Å²) in [5.41, 5.74) is 8.01. The number of para-hydroxylation sites is 1. The van der Waals surface area contributed by atoms with Gasteiger partial charge in [0.1, 0.15) is 24.5 Å². The van der Waals surface area contributed by atoms with Gasteiger partial charge in [-0.1, -0.05) is 13.0 Å². The van der Waals surface area contributed by atoms with Gasteiger partial charge in [-0.25, -0.2) is 4.98 Å². The van der Waals surface area contributed by atoms with E-state index in [1.165, 1.54) is 0 Å². The number of hydrogen-bond acceptors (Lipinski definition) is 5. The monoisotopic (exact) mass is 291 g/mol. The van der Waals surface area contributed by atoms with Crippen molar-refractivity contribution in [2.45, 2.75) is 39.5 Å². The number of rotatable bonds is 6. The predicted molar refractivity (Wildman–Crippen MR) is 80.7 cm³/mol. The van der Waals surface area contributed by atoms with Crippen molar-refractivity contribution in [1.29, 1.82) is 0 Å². The van der Waals surface area contributed by atoms with Crippen LogP contribution < -0.4 is 5.73 Å². The van der Waals surface area contributed by atoms with Gasteiger partial charge in [-0.3, -0.25) is 4.79 Å². The van der Waals surface area contributed by atoms with E-state index in [0.29, 0.717) is 23.6 Å². The van der Waals surface area contributed by atoms with Crippen molar-refractivity contribution in [1.82, 2.24) is 9.55 Å². The lowest BCUT2D eigenvalue weighted by Crippen LogP contribution is -2.20. The molecule has 0 fully saturated rings. The van der Waals surface area contributed by atoms with Crippen LogP contribution in [-0.2, 0) is 27.4 Å². The summed E-state index contributed by atoms with van der Waals surface area (Å²) in [6.07, 6.45) is 0.692. The van der Waals surface area contributed by atoms with Crippen LogP contribution in [-0.4, -0.2) is 28.7 Å². The number of carbonyl (C=O) groups is 1. The molecule has 0 amide bonds. The van der Waals surface area contributed by atoms with Crippen LogP contribution in [0.2, 0.25) is 0 Å². The summed E-state index contributed by atoms with van der Waals surface area (Å²) in [5, 5.41) is 0.